The molecule has 1 atom stereocenters. The number of amidine groups is 1. The zero-order chi connectivity index (χ0) is 30.2. The van der Waals surface area contributed by atoms with Crippen LogP contribution in [-0.2, 0) is 11.2 Å². The number of rotatable bonds is 5. The third kappa shape index (κ3) is 6.49. The van der Waals surface area contributed by atoms with Gasteiger partial charge < -0.3 is 20.4 Å². The molecule has 0 aromatic heterocycles. The Bertz CT molecular complexity index is 1310. The summed E-state index contributed by atoms with van der Waals surface area (Å²) in [7, 11) is 0. The van der Waals surface area contributed by atoms with Gasteiger partial charge in [-0.1, -0.05) is 47.5 Å². The van der Waals surface area contributed by atoms with Crippen LogP contribution in [0.4, 0.5) is 18.0 Å². The van der Waals surface area contributed by atoms with Gasteiger partial charge in [-0.15, -0.1) is 0 Å². The second-order valence-corrected chi connectivity index (χ2v) is 12.2. The number of benzene rings is 2. The highest BCUT2D eigenvalue weighted by Crippen LogP contribution is 2.37. The van der Waals surface area contributed by atoms with Crippen molar-refractivity contribution in [3.05, 3.63) is 57.6 Å². The van der Waals surface area contributed by atoms with Crippen LogP contribution in [-0.4, -0.2) is 77.4 Å². The first kappa shape index (κ1) is 30.5. The lowest BCUT2D eigenvalue weighted by atomic mass is 9.94. The van der Waals surface area contributed by atoms with E-state index in [1.165, 1.54) is 0 Å². The topological polar surface area (TPSA) is 93.7 Å². The third-order valence-corrected chi connectivity index (χ3v) is 9.60. The fourth-order valence-corrected chi connectivity index (χ4v) is 7.00. The van der Waals surface area contributed by atoms with E-state index in [1.54, 1.807) is 21.9 Å². The van der Waals surface area contributed by atoms with Crippen molar-refractivity contribution < 1.29 is 22.8 Å². The number of urea groups is 1. The van der Waals surface area contributed by atoms with Gasteiger partial charge in [-0.2, -0.15) is 13.2 Å². The lowest BCUT2D eigenvalue weighted by Gasteiger charge is -2.36. The highest BCUT2D eigenvalue weighted by molar-refractivity contribution is 6.36. The van der Waals surface area contributed by atoms with Crippen molar-refractivity contribution in [2.75, 3.05) is 32.7 Å². The van der Waals surface area contributed by atoms with Crippen LogP contribution in [0.1, 0.15) is 43.2 Å². The van der Waals surface area contributed by atoms with Crippen molar-refractivity contribution >= 4 is 41.0 Å². The second kappa shape index (κ2) is 12.3. The highest BCUT2D eigenvalue weighted by atomic mass is 35.5. The summed E-state index contributed by atoms with van der Waals surface area (Å²) in [4.78, 5) is 29.9. The summed E-state index contributed by atoms with van der Waals surface area (Å²) in [5, 5.41) is 9.45. The Morgan fingerprint density at radius 1 is 0.881 bits per heavy atom. The first-order valence-electron chi connectivity index (χ1n) is 14.3. The molecule has 3 N–H and O–H groups in total. The number of primary amides is 1. The normalized spacial score (nSPS) is 20.8. The second-order valence-electron chi connectivity index (χ2n) is 11.4. The number of halogens is 5. The molecule has 2 aromatic rings. The molecule has 3 aliphatic rings. The minimum atomic E-state index is -4.19. The van der Waals surface area contributed by atoms with Gasteiger partial charge >= 0.3 is 12.2 Å². The lowest BCUT2D eigenvalue weighted by Crippen LogP contribution is -2.49. The number of piperidine rings is 2. The van der Waals surface area contributed by atoms with E-state index in [0.29, 0.717) is 60.9 Å². The van der Waals surface area contributed by atoms with Gasteiger partial charge in [0.2, 0.25) is 5.91 Å². The Hall–Kier alpha value is -2.98. The molecule has 42 heavy (non-hydrogen) atoms. The SMILES string of the molecule is N=C(c1ccc(-c2cc(Cl)c(C[C@@H]3CCN(C4CCN(C(N)=O)CC4)C3=O)c(Cl)c2)cc1)N1CCC(C(F)(F)F)CC1. The molecule has 226 valence electrons. The van der Waals surface area contributed by atoms with Crippen LogP contribution in [0.25, 0.3) is 11.1 Å². The molecule has 0 bridgehead atoms. The maximum absolute atomic E-state index is 13.3. The molecule has 3 saturated heterocycles. The van der Waals surface area contributed by atoms with Crippen LogP contribution in [0.15, 0.2) is 36.4 Å². The van der Waals surface area contributed by atoms with Crippen LogP contribution in [0.3, 0.4) is 0 Å². The predicted octanol–water partition coefficient (Wildman–Crippen LogP) is 6.19. The molecule has 7 nitrogen and oxygen atoms in total. The zero-order valence-corrected chi connectivity index (χ0v) is 24.6. The quantitative estimate of drug-likeness (QED) is 0.307. The van der Waals surface area contributed by atoms with E-state index in [-0.39, 0.29) is 49.6 Å². The predicted molar refractivity (Wildman–Crippen MR) is 157 cm³/mol. The van der Waals surface area contributed by atoms with Crippen molar-refractivity contribution in [3.8, 4) is 11.1 Å². The first-order valence-corrected chi connectivity index (χ1v) is 15.0. The smallest absolute Gasteiger partial charge is 0.357 e. The number of carbonyl (C=O) groups excluding carboxylic acids is 2. The summed E-state index contributed by atoms with van der Waals surface area (Å²) < 4.78 is 39.0. The molecule has 3 aliphatic heterocycles. The summed E-state index contributed by atoms with van der Waals surface area (Å²) in [5.41, 5.74) is 8.36. The minimum Gasteiger partial charge on any atom is -0.357 e. The zero-order valence-electron chi connectivity index (χ0n) is 23.1. The van der Waals surface area contributed by atoms with Crippen molar-refractivity contribution in [1.82, 2.24) is 14.7 Å². The summed E-state index contributed by atoms with van der Waals surface area (Å²) in [6.45, 7) is 2.17. The van der Waals surface area contributed by atoms with Gasteiger partial charge in [-0.05, 0) is 67.3 Å². The average molecular weight is 625 g/mol. The van der Waals surface area contributed by atoms with Gasteiger partial charge in [0.1, 0.15) is 5.84 Å². The molecule has 5 rings (SSSR count). The number of amides is 3. The number of hydrogen-bond acceptors (Lipinski definition) is 3. The number of hydrogen-bond donors (Lipinski definition) is 2. The molecule has 3 amide bonds. The molecule has 12 heteroatoms. The van der Waals surface area contributed by atoms with Crippen molar-refractivity contribution in [2.45, 2.75) is 50.7 Å². The molecule has 0 unspecified atom stereocenters. The maximum Gasteiger partial charge on any atom is 0.391 e. The maximum atomic E-state index is 13.3. The number of nitrogens with zero attached hydrogens (tertiary/aromatic N) is 3. The van der Waals surface area contributed by atoms with Crippen molar-refractivity contribution in [2.24, 2.45) is 17.6 Å². The van der Waals surface area contributed by atoms with E-state index >= 15 is 0 Å². The molecule has 2 aromatic carbocycles. The number of likely N-dealkylation sites (tertiary alicyclic amines) is 3. The number of carbonyl (C=O) groups is 2. The summed E-state index contributed by atoms with van der Waals surface area (Å²) in [6, 6.07) is 10.6. The van der Waals surface area contributed by atoms with Gasteiger partial charge in [-0.25, -0.2) is 4.79 Å². The van der Waals surface area contributed by atoms with E-state index in [4.69, 9.17) is 34.3 Å². The Balaban J connectivity index is 1.20. The van der Waals surface area contributed by atoms with E-state index in [0.717, 1.165) is 16.7 Å². The number of alkyl halides is 3. The average Bonchev–Trinajstić information content (AvgIpc) is 3.33. The van der Waals surface area contributed by atoms with Gasteiger partial charge in [0.25, 0.3) is 0 Å². The van der Waals surface area contributed by atoms with Crippen LogP contribution in [0, 0.1) is 17.2 Å². The molecular weight excluding hydrogens is 590 g/mol. The first-order chi connectivity index (χ1) is 19.9. The van der Waals surface area contributed by atoms with Crippen LogP contribution in [0.2, 0.25) is 10.0 Å². The largest absolute Gasteiger partial charge is 0.391 e. The molecule has 3 heterocycles. The van der Waals surface area contributed by atoms with E-state index < -0.39 is 18.1 Å². The lowest BCUT2D eigenvalue weighted by molar-refractivity contribution is -0.183. The van der Waals surface area contributed by atoms with Gasteiger partial charge in [0.15, 0.2) is 0 Å². The van der Waals surface area contributed by atoms with Crippen molar-refractivity contribution in [1.29, 1.82) is 5.41 Å². The standard InChI is InChI=1S/C30H34Cl2F3N5O2/c31-25-16-21(18-1-3-19(4-2-18)27(36)38-10-6-22(7-11-38)30(33,34)35)17-26(32)24(25)15-20-5-14-40(28(20)41)23-8-12-39(13-9-23)29(37)42/h1-4,16-17,20,22-23,36H,5-15H2,(H2,37,42)/t20-/m0/s1. The van der Waals surface area contributed by atoms with E-state index in [2.05, 4.69) is 0 Å². The molecule has 3 fully saturated rings. The highest BCUT2D eigenvalue weighted by Gasteiger charge is 2.41. The molecule has 0 aliphatic carbocycles. The molecule has 0 spiro atoms. The fraction of sp³-hybridized carbons (Fsp3) is 0.500. The van der Waals surface area contributed by atoms with Crippen LogP contribution >= 0.6 is 23.2 Å². The molecule has 0 saturated carbocycles. The summed E-state index contributed by atoms with van der Waals surface area (Å²) in [5.74, 6) is -1.22. The van der Waals surface area contributed by atoms with Gasteiger partial charge in [-0.3, -0.25) is 10.2 Å². The van der Waals surface area contributed by atoms with E-state index in [1.807, 2.05) is 29.2 Å². The molecule has 0 radical (unpaired) electrons. The number of nitrogens with one attached hydrogen (secondary N) is 1. The number of nitrogens with two attached hydrogens (primary N) is 1. The Morgan fingerprint density at radius 3 is 2.00 bits per heavy atom. The van der Waals surface area contributed by atoms with Crippen LogP contribution < -0.4 is 5.73 Å². The summed E-state index contributed by atoms with van der Waals surface area (Å²) in [6.07, 6.45) is -1.62. The van der Waals surface area contributed by atoms with Gasteiger partial charge in [0.05, 0.1) is 5.92 Å². The summed E-state index contributed by atoms with van der Waals surface area (Å²) >= 11 is 13.4. The monoisotopic (exact) mass is 623 g/mol. The molecular formula is C30H34Cl2F3N5O2. The Morgan fingerprint density at radius 2 is 1.45 bits per heavy atom. The van der Waals surface area contributed by atoms with Crippen molar-refractivity contribution in [3.63, 3.8) is 0 Å². The van der Waals surface area contributed by atoms with Gasteiger partial charge in [0, 0.05) is 60.3 Å². The third-order valence-electron chi connectivity index (χ3n) is 8.93. The van der Waals surface area contributed by atoms with E-state index in [9.17, 15) is 22.8 Å². The Kier molecular flexibility index (Phi) is 8.94. The fourth-order valence-electron chi connectivity index (χ4n) is 6.36. The Labute approximate surface area is 253 Å². The van der Waals surface area contributed by atoms with Crippen LogP contribution in [0.5, 0.6) is 0 Å². The minimum absolute atomic E-state index is 0.00588.